The highest BCUT2D eigenvalue weighted by Gasteiger charge is 2.16. The summed E-state index contributed by atoms with van der Waals surface area (Å²) < 4.78 is 0. The summed E-state index contributed by atoms with van der Waals surface area (Å²) in [5.74, 6) is 0.964. The number of hydrogen-bond acceptors (Lipinski definition) is 2. The third kappa shape index (κ3) is 3.77. The second kappa shape index (κ2) is 5.71. The molecular weight excluding hydrogens is 214 g/mol. The van der Waals surface area contributed by atoms with Gasteiger partial charge in [-0.3, -0.25) is 4.79 Å². The van der Waals surface area contributed by atoms with Crippen molar-refractivity contribution in [1.29, 1.82) is 0 Å². The summed E-state index contributed by atoms with van der Waals surface area (Å²) in [4.78, 5) is 11.7. The first-order valence-corrected chi connectivity index (χ1v) is 6.33. The van der Waals surface area contributed by atoms with E-state index in [1.807, 2.05) is 0 Å². The van der Waals surface area contributed by atoms with E-state index in [9.17, 15) is 9.90 Å². The monoisotopic (exact) mass is 233 g/mol. The Morgan fingerprint density at radius 3 is 2.82 bits per heavy atom. The van der Waals surface area contributed by atoms with Gasteiger partial charge in [0.05, 0.1) is 0 Å². The summed E-state index contributed by atoms with van der Waals surface area (Å²) in [6.07, 6.45) is 6.77. The zero-order chi connectivity index (χ0) is 12.1. The lowest BCUT2D eigenvalue weighted by atomic mass is 10.0. The fourth-order valence-corrected chi connectivity index (χ4v) is 2.44. The molecule has 0 aliphatic heterocycles. The zero-order valence-electron chi connectivity index (χ0n) is 9.98. The van der Waals surface area contributed by atoms with Crippen LogP contribution >= 0.6 is 0 Å². The molecule has 17 heavy (non-hydrogen) atoms. The third-order valence-electron chi connectivity index (χ3n) is 3.38. The number of phenolic OH excluding ortho intramolecular Hbond substituents is 1. The van der Waals surface area contributed by atoms with Crippen LogP contribution in [0.3, 0.4) is 0 Å². The Kier molecular flexibility index (Phi) is 4.02. The Hall–Kier alpha value is -1.51. The molecule has 0 aromatic heterocycles. The van der Waals surface area contributed by atoms with Crippen LogP contribution in [0.2, 0.25) is 0 Å². The molecule has 0 heterocycles. The van der Waals surface area contributed by atoms with Gasteiger partial charge in [0.1, 0.15) is 5.75 Å². The molecule has 1 saturated carbocycles. The van der Waals surface area contributed by atoms with Crippen LogP contribution in [0.25, 0.3) is 0 Å². The van der Waals surface area contributed by atoms with Crippen molar-refractivity contribution in [2.45, 2.75) is 38.5 Å². The van der Waals surface area contributed by atoms with Gasteiger partial charge in [0.15, 0.2) is 0 Å². The highest BCUT2D eigenvalue weighted by Crippen LogP contribution is 2.28. The van der Waals surface area contributed by atoms with Crippen molar-refractivity contribution in [3.63, 3.8) is 0 Å². The number of aromatic hydroxyl groups is 1. The molecule has 0 spiro atoms. The Balaban J connectivity index is 1.76. The van der Waals surface area contributed by atoms with E-state index in [0.29, 0.717) is 12.1 Å². The molecule has 1 fully saturated rings. The van der Waals surface area contributed by atoms with Crippen LogP contribution in [-0.4, -0.2) is 11.0 Å². The van der Waals surface area contributed by atoms with E-state index in [0.717, 1.165) is 12.3 Å². The molecule has 1 aromatic rings. The third-order valence-corrected chi connectivity index (χ3v) is 3.38. The molecule has 0 bridgehead atoms. The fraction of sp³-hybridized carbons (Fsp3) is 0.500. The molecule has 92 valence electrons. The van der Waals surface area contributed by atoms with Crippen LogP contribution in [-0.2, 0) is 4.79 Å². The molecule has 3 heteroatoms. The maximum absolute atomic E-state index is 11.7. The van der Waals surface area contributed by atoms with E-state index in [-0.39, 0.29) is 11.7 Å². The predicted molar refractivity (Wildman–Crippen MR) is 67.9 cm³/mol. The number of rotatable bonds is 4. The Bertz CT molecular complexity index is 384. The number of carbonyl (C=O) groups is 1. The lowest BCUT2D eigenvalue weighted by Gasteiger charge is -2.09. The number of amides is 1. The van der Waals surface area contributed by atoms with Crippen molar-refractivity contribution < 1.29 is 9.90 Å². The number of nitrogens with one attached hydrogen (secondary N) is 1. The SMILES string of the molecule is O=C(CCC1CCCC1)Nc1cccc(O)c1. The minimum Gasteiger partial charge on any atom is -0.508 e. The second-order valence-electron chi connectivity index (χ2n) is 4.79. The van der Waals surface area contributed by atoms with Crippen molar-refractivity contribution in [3.8, 4) is 5.75 Å². The lowest BCUT2D eigenvalue weighted by Crippen LogP contribution is -2.12. The summed E-state index contributed by atoms with van der Waals surface area (Å²) in [6, 6.07) is 6.66. The molecule has 1 aliphatic carbocycles. The van der Waals surface area contributed by atoms with Crippen molar-refractivity contribution in [3.05, 3.63) is 24.3 Å². The van der Waals surface area contributed by atoms with Gasteiger partial charge in [0.2, 0.25) is 5.91 Å². The number of hydrogen-bond donors (Lipinski definition) is 2. The minimum atomic E-state index is 0.0440. The Morgan fingerprint density at radius 1 is 1.35 bits per heavy atom. The molecule has 0 saturated heterocycles. The lowest BCUT2D eigenvalue weighted by molar-refractivity contribution is -0.116. The Morgan fingerprint density at radius 2 is 2.12 bits per heavy atom. The van der Waals surface area contributed by atoms with Crippen LogP contribution in [0.5, 0.6) is 5.75 Å². The average molecular weight is 233 g/mol. The summed E-state index contributed by atoms with van der Waals surface area (Å²) >= 11 is 0. The van der Waals surface area contributed by atoms with Crippen molar-refractivity contribution >= 4 is 11.6 Å². The quantitative estimate of drug-likeness (QED) is 0.838. The predicted octanol–water partition coefficient (Wildman–Crippen LogP) is 3.30. The maximum atomic E-state index is 11.7. The molecule has 0 unspecified atom stereocenters. The van der Waals surface area contributed by atoms with Crippen LogP contribution in [0, 0.1) is 5.92 Å². The molecule has 2 rings (SSSR count). The molecule has 3 nitrogen and oxygen atoms in total. The summed E-state index contributed by atoms with van der Waals surface area (Å²) in [6.45, 7) is 0. The standard InChI is InChI=1S/C14H19NO2/c16-13-7-3-6-12(10-13)15-14(17)9-8-11-4-1-2-5-11/h3,6-7,10-11,16H,1-2,4-5,8-9H2,(H,15,17). The van der Waals surface area contributed by atoms with Crippen LogP contribution in [0.1, 0.15) is 38.5 Å². The summed E-state index contributed by atoms with van der Waals surface area (Å²) in [5, 5.41) is 12.1. The van der Waals surface area contributed by atoms with E-state index in [2.05, 4.69) is 5.32 Å². The van der Waals surface area contributed by atoms with Crippen molar-refractivity contribution in [2.24, 2.45) is 5.92 Å². The smallest absolute Gasteiger partial charge is 0.224 e. The van der Waals surface area contributed by atoms with Crippen molar-refractivity contribution in [1.82, 2.24) is 0 Å². The molecule has 0 radical (unpaired) electrons. The molecule has 0 atom stereocenters. The van der Waals surface area contributed by atoms with Gasteiger partial charge >= 0.3 is 0 Å². The van der Waals surface area contributed by atoms with E-state index in [4.69, 9.17) is 0 Å². The summed E-state index contributed by atoms with van der Waals surface area (Å²) in [7, 11) is 0. The molecule has 2 N–H and O–H groups in total. The average Bonchev–Trinajstić information content (AvgIpc) is 2.79. The van der Waals surface area contributed by atoms with Gasteiger partial charge in [0, 0.05) is 18.2 Å². The van der Waals surface area contributed by atoms with E-state index < -0.39 is 0 Å². The highest BCUT2D eigenvalue weighted by atomic mass is 16.3. The number of phenols is 1. The Labute approximate surface area is 102 Å². The van der Waals surface area contributed by atoms with Gasteiger partial charge in [-0.25, -0.2) is 0 Å². The molecule has 1 aliphatic rings. The van der Waals surface area contributed by atoms with Crippen LogP contribution in [0.15, 0.2) is 24.3 Å². The van der Waals surface area contributed by atoms with Crippen molar-refractivity contribution in [2.75, 3.05) is 5.32 Å². The van der Waals surface area contributed by atoms with E-state index in [1.165, 1.54) is 25.7 Å². The fourth-order valence-electron chi connectivity index (χ4n) is 2.44. The van der Waals surface area contributed by atoms with E-state index in [1.54, 1.807) is 24.3 Å². The minimum absolute atomic E-state index is 0.0440. The number of carbonyl (C=O) groups excluding carboxylic acids is 1. The van der Waals surface area contributed by atoms with Gasteiger partial charge < -0.3 is 10.4 Å². The number of anilines is 1. The topological polar surface area (TPSA) is 49.3 Å². The van der Waals surface area contributed by atoms with Gasteiger partial charge in [-0.2, -0.15) is 0 Å². The largest absolute Gasteiger partial charge is 0.508 e. The molecule has 1 aromatic carbocycles. The normalized spacial score (nSPS) is 16.0. The van der Waals surface area contributed by atoms with Gasteiger partial charge in [-0.1, -0.05) is 31.7 Å². The van der Waals surface area contributed by atoms with Crippen LogP contribution < -0.4 is 5.32 Å². The first-order chi connectivity index (χ1) is 8.24. The number of benzene rings is 1. The van der Waals surface area contributed by atoms with E-state index >= 15 is 0 Å². The molecule has 1 amide bonds. The first kappa shape index (κ1) is 12.0. The van der Waals surface area contributed by atoms with Gasteiger partial charge in [-0.15, -0.1) is 0 Å². The summed E-state index contributed by atoms with van der Waals surface area (Å²) in [5.41, 5.74) is 0.668. The van der Waals surface area contributed by atoms with Gasteiger partial charge in [0.25, 0.3) is 0 Å². The van der Waals surface area contributed by atoms with Gasteiger partial charge in [-0.05, 0) is 24.5 Å². The maximum Gasteiger partial charge on any atom is 0.224 e. The zero-order valence-corrected chi connectivity index (χ0v) is 9.98. The first-order valence-electron chi connectivity index (χ1n) is 6.33. The molecular formula is C14H19NO2. The highest BCUT2D eigenvalue weighted by molar-refractivity contribution is 5.90. The van der Waals surface area contributed by atoms with Crippen LogP contribution in [0.4, 0.5) is 5.69 Å². The second-order valence-corrected chi connectivity index (χ2v) is 4.79.